The summed E-state index contributed by atoms with van der Waals surface area (Å²) < 4.78 is 52.3. The fourth-order valence-corrected chi connectivity index (χ4v) is 1.41. The van der Waals surface area contributed by atoms with Gasteiger partial charge >= 0.3 is 6.18 Å². The SMILES string of the molecule is O=C(COCC(F)(F)F)Cc1cc(F)ccc1Cl. The second kappa shape index (κ2) is 6.15. The quantitative estimate of drug-likeness (QED) is 0.776. The summed E-state index contributed by atoms with van der Waals surface area (Å²) in [6.45, 7) is -2.18. The van der Waals surface area contributed by atoms with Gasteiger partial charge in [0.1, 0.15) is 19.0 Å². The molecule has 100 valence electrons. The molecule has 0 N–H and O–H groups in total. The zero-order valence-corrected chi connectivity index (χ0v) is 9.82. The van der Waals surface area contributed by atoms with E-state index in [0.717, 1.165) is 12.1 Å². The zero-order valence-electron chi connectivity index (χ0n) is 9.06. The van der Waals surface area contributed by atoms with Gasteiger partial charge in [-0.15, -0.1) is 0 Å². The predicted octanol–water partition coefficient (Wildman–Crippen LogP) is 3.17. The third kappa shape index (κ3) is 5.46. The van der Waals surface area contributed by atoms with Crippen molar-refractivity contribution in [2.24, 2.45) is 0 Å². The Kier molecular flexibility index (Phi) is 5.10. The summed E-state index contributed by atoms with van der Waals surface area (Å²) in [7, 11) is 0. The summed E-state index contributed by atoms with van der Waals surface area (Å²) >= 11 is 5.71. The van der Waals surface area contributed by atoms with E-state index in [-0.39, 0.29) is 17.0 Å². The maximum Gasteiger partial charge on any atom is 0.411 e. The van der Waals surface area contributed by atoms with E-state index >= 15 is 0 Å². The first-order valence-electron chi connectivity index (χ1n) is 4.88. The molecule has 7 heteroatoms. The summed E-state index contributed by atoms with van der Waals surface area (Å²) in [5.74, 6) is -1.18. The molecule has 0 atom stereocenters. The molecule has 0 bridgehead atoms. The van der Waals surface area contributed by atoms with Crippen molar-refractivity contribution in [1.82, 2.24) is 0 Å². The van der Waals surface area contributed by atoms with E-state index in [1.54, 1.807) is 0 Å². The molecular weight excluding hydrogens is 276 g/mol. The molecule has 0 aliphatic rings. The lowest BCUT2D eigenvalue weighted by Crippen LogP contribution is -2.21. The van der Waals surface area contributed by atoms with Gasteiger partial charge in [-0.3, -0.25) is 4.79 Å². The predicted molar refractivity (Wildman–Crippen MR) is 57.0 cm³/mol. The van der Waals surface area contributed by atoms with Crippen molar-refractivity contribution in [2.75, 3.05) is 13.2 Å². The van der Waals surface area contributed by atoms with Gasteiger partial charge in [0.05, 0.1) is 0 Å². The molecule has 0 heterocycles. The van der Waals surface area contributed by atoms with Crippen LogP contribution in [0, 0.1) is 5.82 Å². The van der Waals surface area contributed by atoms with Crippen LogP contribution in [-0.4, -0.2) is 25.2 Å². The molecule has 0 fully saturated rings. The third-order valence-electron chi connectivity index (χ3n) is 1.92. The van der Waals surface area contributed by atoms with Gasteiger partial charge in [0.2, 0.25) is 0 Å². The smallest absolute Gasteiger partial charge is 0.364 e. The topological polar surface area (TPSA) is 26.3 Å². The number of ketones is 1. The monoisotopic (exact) mass is 284 g/mol. The fourth-order valence-electron chi connectivity index (χ4n) is 1.22. The van der Waals surface area contributed by atoms with Crippen molar-refractivity contribution < 1.29 is 27.1 Å². The van der Waals surface area contributed by atoms with Crippen LogP contribution in [0.2, 0.25) is 5.02 Å². The van der Waals surface area contributed by atoms with Crippen LogP contribution in [0.15, 0.2) is 18.2 Å². The van der Waals surface area contributed by atoms with Crippen molar-refractivity contribution in [3.8, 4) is 0 Å². The van der Waals surface area contributed by atoms with Crippen LogP contribution >= 0.6 is 11.6 Å². The van der Waals surface area contributed by atoms with Crippen molar-refractivity contribution >= 4 is 17.4 Å². The molecule has 1 aromatic rings. The number of Topliss-reactive ketones (excluding diaryl/α,β-unsaturated/α-hetero) is 1. The molecule has 18 heavy (non-hydrogen) atoms. The third-order valence-corrected chi connectivity index (χ3v) is 2.29. The summed E-state index contributed by atoms with van der Waals surface area (Å²) in [6.07, 6.45) is -4.74. The molecule has 2 nitrogen and oxygen atoms in total. The number of rotatable bonds is 5. The van der Waals surface area contributed by atoms with Gasteiger partial charge in [0, 0.05) is 11.4 Å². The van der Waals surface area contributed by atoms with Crippen molar-refractivity contribution in [3.63, 3.8) is 0 Å². The fraction of sp³-hybridized carbons (Fsp3) is 0.364. The lowest BCUT2D eigenvalue weighted by atomic mass is 10.1. The normalized spacial score (nSPS) is 11.6. The molecular formula is C11H9ClF4O2. The highest BCUT2D eigenvalue weighted by Crippen LogP contribution is 2.18. The van der Waals surface area contributed by atoms with E-state index in [1.807, 2.05) is 0 Å². The maximum atomic E-state index is 12.9. The van der Waals surface area contributed by atoms with Crippen LogP contribution in [0.4, 0.5) is 17.6 Å². The number of hydrogen-bond acceptors (Lipinski definition) is 2. The van der Waals surface area contributed by atoms with E-state index in [2.05, 4.69) is 4.74 Å². The number of hydrogen-bond donors (Lipinski definition) is 0. The highest BCUT2D eigenvalue weighted by molar-refractivity contribution is 6.31. The first-order chi connectivity index (χ1) is 8.28. The first-order valence-corrected chi connectivity index (χ1v) is 5.26. The standard InChI is InChI=1S/C11H9ClF4O2/c12-10-2-1-8(13)3-7(10)4-9(17)5-18-6-11(14,15)16/h1-3H,4-6H2. The number of halogens is 5. The molecule has 0 saturated heterocycles. The number of benzene rings is 1. The Bertz CT molecular complexity index is 432. The van der Waals surface area contributed by atoms with E-state index in [1.165, 1.54) is 6.07 Å². The summed E-state index contributed by atoms with van der Waals surface area (Å²) in [6, 6.07) is 3.45. The highest BCUT2D eigenvalue weighted by Gasteiger charge is 2.27. The van der Waals surface area contributed by atoms with Gasteiger partial charge in [0.25, 0.3) is 0 Å². The van der Waals surface area contributed by atoms with E-state index in [4.69, 9.17) is 11.6 Å². The number of ether oxygens (including phenoxy) is 1. The minimum Gasteiger partial charge on any atom is -0.364 e. The minimum atomic E-state index is -4.48. The molecule has 0 aliphatic heterocycles. The number of carbonyl (C=O) groups is 1. The Balaban J connectivity index is 2.47. The largest absolute Gasteiger partial charge is 0.411 e. The van der Waals surface area contributed by atoms with Crippen LogP contribution in [0.5, 0.6) is 0 Å². The lowest BCUT2D eigenvalue weighted by molar-refractivity contribution is -0.175. The molecule has 0 amide bonds. The molecule has 0 aliphatic carbocycles. The minimum absolute atomic E-state index is 0.181. The van der Waals surface area contributed by atoms with E-state index in [0.29, 0.717) is 0 Å². The van der Waals surface area contributed by atoms with Gasteiger partial charge in [-0.2, -0.15) is 13.2 Å². The molecule has 0 saturated carbocycles. The molecule has 0 spiro atoms. The second-order valence-electron chi connectivity index (χ2n) is 3.56. The number of alkyl halides is 3. The van der Waals surface area contributed by atoms with E-state index < -0.39 is 31.0 Å². The summed E-state index contributed by atoms with van der Waals surface area (Å²) in [5.41, 5.74) is 0.220. The van der Waals surface area contributed by atoms with Gasteiger partial charge in [-0.1, -0.05) is 11.6 Å². The van der Waals surface area contributed by atoms with Crippen LogP contribution in [0.3, 0.4) is 0 Å². The summed E-state index contributed by atoms with van der Waals surface area (Å²) in [5, 5.41) is 0.181. The summed E-state index contributed by atoms with van der Waals surface area (Å²) in [4.78, 5) is 11.3. The van der Waals surface area contributed by atoms with Crippen LogP contribution in [-0.2, 0) is 16.0 Å². The van der Waals surface area contributed by atoms with Crippen LogP contribution < -0.4 is 0 Å². The lowest BCUT2D eigenvalue weighted by Gasteiger charge is -2.07. The second-order valence-corrected chi connectivity index (χ2v) is 3.97. The average molecular weight is 285 g/mol. The van der Waals surface area contributed by atoms with Gasteiger partial charge in [0.15, 0.2) is 5.78 Å². The Labute approximate surface area is 105 Å². The number of carbonyl (C=O) groups excluding carboxylic acids is 1. The Morgan fingerprint density at radius 1 is 1.33 bits per heavy atom. The Hall–Kier alpha value is -1.14. The Morgan fingerprint density at radius 2 is 2.00 bits per heavy atom. The van der Waals surface area contributed by atoms with Crippen LogP contribution in [0.25, 0.3) is 0 Å². The van der Waals surface area contributed by atoms with Crippen molar-refractivity contribution in [1.29, 1.82) is 0 Å². The molecule has 0 unspecified atom stereocenters. The highest BCUT2D eigenvalue weighted by atomic mass is 35.5. The van der Waals surface area contributed by atoms with Gasteiger partial charge in [-0.05, 0) is 23.8 Å². The van der Waals surface area contributed by atoms with Gasteiger partial charge in [-0.25, -0.2) is 4.39 Å². The molecule has 1 aromatic carbocycles. The van der Waals surface area contributed by atoms with Crippen LogP contribution in [0.1, 0.15) is 5.56 Å². The average Bonchev–Trinajstić information content (AvgIpc) is 2.21. The molecule has 0 radical (unpaired) electrons. The molecule has 0 aromatic heterocycles. The van der Waals surface area contributed by atoms with Crippen molar-refractivity contribution in [2.45, 2.75) is 12.6 Å². The van der Waals surface area contributed by atoms with E-state index in [9.17, 15) is 22.4 Å². The Morgan fingerprint density at radius 3 is 2.61 bits per heavy atom. The van der Waals surface area contributed by atoms with Crippen molar-refractivity contribution in [3.05, 3.63) is 34.6 Å². The van der Waals surface area contributed by atoms with Gasteiger partial charge < -0.3 is 4.74 Å². The first kappa shape index (κ1) is 14.9. The maximum absolute atomic E-state index is 12.9. The molecule has 1 rings (SSSR count). The zero-order chi connectivity index (χ0) is 13.8.